The summed E-state index contributed by atoms with van der Waals surface area (Å²) in [5.74, 6) is 8.04. The molecular weight excluding hydrogens is 531 g/mol. The Hall–Kier alpha value is 0.168. The van der Waals surface area contributed by atoms with Crippen LogP contribution in [0.3, 0.4) is 0 Å². The molecule has 3 rings (SSSR count). The minimum Gasteiger partial charge on any atom is -0.324 e. The predicted octanol–water partition coefficient (Wildman–Crippen LogP) is 8.45. The van der Waals surface area contributed by atoms with E-state index >= 15 is 0 Å². The molecule has 7 radical (unpaired) electrons. The van der Waals surface area contributed by atoms with Crippen LogP contribution in [0, 0.1) is 60.2 Å². The van der Waals surface area contributed by atoms with Crippen LogP contribution in [0.1, 0.15) is 94.9 Å². The summed E-state index contributed by atoms with van der Waals surface area (Å²) in [5.41, 5.74) is 6.54. The third-order valence-electron chi connectivity index (χ3n) is 8.40. The Morgan fingerprint density at radius 1 is 0.690 bits per heavy atom. The van der Waals surface area contributed by atoms with Crippen LogP contribution in [0.15, 0.2) is 22.3 Å². The molecule has 0 spiro atoms. The molecule has 1 heteroatoms. The van der Waals surface area contributed by atoms with Crippen LogP contribution in [0.4, 0.5) is 0 Å². The summed E-state index contributed by atoms with van der Waals surface area (Å²) in [6.07, 6.45) is 12.3. The fourth-order valence-corrected chi connectivity index (χ4v) is 5.13. The zero-order chi connectivity index (χ0) is 21.2. The Bertz CT molecular complexity index is 519. The van der Waals surface area contributed by atoms with Gasteiger partial charge in [0.1, 0.15) is 0 Å². The van der Waals surface area contributed by atoms with E-state index in [2.05, 4.69) is 88.5 Å². The van der Waals surface area contributed by atoms with E-state index in [9.17, 15) is 0 Å². The molecule has 0 saturated heterocycles. The van der Waals surface area contributed by atoms with Gasteiger partial charge in [-0.25, -0.2) is 0 Å². The molecule has 0 bridgehead atoms. The summed E-state index contributed by atoms with van der Waals surface area (Å²) < 4.78 is 0. The Morgan fingerprint density at radius 3 is 1.48 bits per heavy atom. The van der Waals surface area contributed by atoms with Crippen LogP contribution in [-0.4, -0.2) is 0 Å². The fourth-order valence-electron chi connectivity index (χ4n) is 5.13. The van der Waals surface area contributed by atoms with Gasteiger partial charge < -0.3 is 6.42 Å². The zero-order valence-electron chi connectivity index (χ0n) is 20.5. The topological polar surface area (TPSA) is 0 Å². The molecule has 0 amide bonds. The molecule has 1 atom stereocenters. The quantitative estimate of drug-likeness (QED) is 0.276. The second-order valence-electron chi connectivity index (χ2n) is 9.30. The monoisotopic (exact) mass is 573 g/mol. The van der Waals surface area contributed by atoms with Gasteiger partial charge >= 0.3 is 0 Å². The van der Waals surface area contributed by atoms with Crippen LogP contribution in [0.5, 0.6) is 0 Å². The van der Waals surface area contributed by atoms with E-state index < -0.39 is 0 Å². The molecule has 2 saturated carbocycles. The van der Waals surface area contributed by atoms with Crippen LogP contribution >= 0.6 is 0 Å². The first-order valence-electron chi connectivity index (χ1n) is 11.1. The van der Waals surface area contributed by atoms with E-state index in [0.717, 1.165) is 0 Å². The van der Waals surface area contributed by atoms with Gasteiger partial charge in [0.15, 0.2) is 0 Å². The van der Waals surface area contributed by atoms with Crippen molar-refractivity contribution in [2.75, 3.05) is 0 Å². The van der Waals surface area contributed by atoms with Gasteiger partial charge in [0.25, 0.3) is 0 Å². The Morgan fingerprint density at radius 2 is 1.07 bits per heavy atom. The molecule has 29 heavy (non-hydrogen) atoms. The number of allylic oxidation sites excluding steroid dienone is 4. The average Bonchev–Trinajstić information content (AvgIpc) is 2.91. The summed E-state index contributed by atoms with van der Waals surface area (Å²) in [7, 11) is 0. The Labute approximate surface area is 198 Å². The predicted molar refractivity (Wildman–Crippen MR) is 124 cm³/mol. The van der Waals surface area contributed by atoms with Gasteiger partial charge in [-0.2, -0.15) is 12.3 Å². The largest absolute Gasteiger partial charge is 0.324 e. The summed E-state index contributed by atoms with van der Waals surface area (Å²) in [4.78, 5) is 0. The zero-order valence-corrected chi connectivity index (χ0v) is 22.7. The minimum atomic E-state index is 0. The first-order chi connectivity index (χ1) is 13.0. The van der Waals surface area contributed by atoms with E-state index in [-0.39, 0.29) is 26.5 Å². The van der Waals surface area contributed by atoms with Crippen molar-refractivity contribution in [1.82, 2.24) is 0 Å². The summed E-state index contributed by atoms with van der Waals surface area (Å²) in [6, 6.07) is 0. The Balaban J connectivity index is 0.000000327. The van der Waals surface area contributed by atoms with Crippen molar-refractivity contribution in [2.24, 2.45) is 11.3 Å². The van der Waals surface area contributed by atoms with Crippen LogP contribution in [0.2, 0.25) is 0 Å². The molecule has 0 nitrogen and oxygen atoms in total. The minimum absolute atomic E-state index is 0. The molecule has 2 fully saturated rings. The maximum absolute atomic E-state index is 2.59. The van der Waals surface area contributed by atoms with Gasteiger partial charge in [0.2, 0.25) is 0 Å². The van der Waals surface area contributed by atoms with Crippen molar-refractivity contribution in [3.8, 4) is 0 Å². The molecule has 0 N–H and O–H groups in total. The van der Waals surface area contributed by atoms with Gasteiger partial charge in [0, 0.05) is 21.1 Å². The number of hydrogen-bond donors (Lipinski definition) is 0. The summed E-state index contributed by atoms with van der Waals surface area (Å²) in [5, 5.41) is 0. The maximum Gasteiger partial charge on any atom is 0 e. The van der Waals surface area contributed by atoms with Gasteiger partial charge in [-0.15, -0.1) is 0 Å². The van der Waals surface area contributed by atoms with Gasteiger partial charge in [-0.3, -0.25) is 0 Å². The van der Waals surface area contributed by atoms with Gasteiger partial charge in [-0.1, -0.05) is 72.0 Å². The summed E-state index contributed by atoms with van der Waals surface area (Å²) >= 11 is 0. The van der Waals surface area contributed by atoms with Gasteiger partial charge in [-0.05, 0) is 86.7 Å². The summed E-state index contributed by atoms with van der Waals surface area (Å²) in [6.45, 7) is 22.7. The SMILES string of the molecule is CC1=C(C)C(C)(C2[CH-]CC[CH][CH]CC2)C(C)=C1C.C[C]1[C](C)[C](C)[C](C)[C]1C.[Pt]. The molecule has 1 unspecified atom stereocenters. The molecule has 3 aliphatic rings. The van der Waals surface area contributed by atoms with Crippen molar-refractivity contribution in [2.45, 2.75) is 94.9 Å². The third kappa shape index (κ3) is 5.33. The van der Waals surface area contributed by atoms with Crippen molar-refractivity contribution in [3.05, 3.63) is 71.1 Å². The molecule has 0 aliphatic heterocycles. The van der Waals surface area contributed by atoms with Crippen LogP contribution < -0.4 is 0 Å². The average molecular weight is 574 g/mol. The normalized spacial score (nSPS) is 28.1. The van der Waals surface area contributed by atoms with E-state index in [1.807, 2.05) is 0 Å². The smallest absolute Gasteiger partial charge is 0 e. The van der Waals surface area contributed by atoms with E-state index in [1.165, 1.54) is 66.4 Å². The molecule has 0 aromatic rings. The first-order valence-corrected chi connectivity index (χ1v) is 11.1. The van der Waals surface area contributed by atoms with Crippen molar-refractivity contribution in [1.29, 1.82) is 0 Å². The fraction of sp³-hybridized carbons (Fsp3) is 0.571. The van der Waals surface area contributed by atoms with E-state index in [1.54, 1.807) is 11.1 Å². The second-order valence-corrected chi connectivity index (χ2v) is 9.30. The molecular formula is C28H42Pt-. The number of rotatable bonds is 1. The molecule has 0 aromatic heterocycles. The molecule has 0 aromatic carbocycles. The molecule has 0 heterocycles. The maximum atomic E-state index is 2.59. The van der Waals surface area contributed by atoms with Crippen molar-refractivity contribution >= 4 is 0 Å². The number of hydrogen-bond acceptors (Lipinski definition) is 0. The standard InChI is InChI=1S/C18H27.C10H15.Pt/c1-13-14(2)16(4)18(5,15(13)3)17-11-9-7-6-8-10-12-17;1-6-7(2)9(4)10(5)8(6)3;/h6-7,12,17H,8-11H2,1-5H3;1-5H3;/q-1;;. The van der Waals surface area contributed by atoms with Gasteiger partial charge in [0.05, 0.1) is 0 Å². The molecule has 3 aliphatic carbocycles. The molecule has 165 valence electrons. The third-order valence-corrected chi connectivity index (χ3v) is 8.40. The van der Waals surface area contributed by atoms with Crippen LogP contribution in [0.25, 0.3) is 0 Å². The first kappa shape index (κ1) is 27.2. The van der Waals surface area contributed by atoms with Crippen molar-refractivity contribution in [3.63, 3.8) is 0 Å². The van der Waals surface area contributed by atoms with Crippen molar-refractivity contribution < 1.29 is 21.1 Å². The van der Waals surface area contributed by atoms with Crippen LogP contribution in [-0.2, 0) is 21.1 Å². The second kappa shape index (κ2) is 11.2. The van der Waals surface area contributed by atoms with E-state index in [0.29, 0.717) is 5.92 Å². The van der Waals surface area contributed by atoms with E-state index in [4.69, 9.17) is 0 Å². The Kier molecular flexibility index (Phi) is 10.5.